The Balaban J connectivity index is 1.64. The first kappa shape index (κ1) is 19.8. The Labute approximate surface area is 163 Å². The average molecular weight is 410 g/mol. The third kappa shape index (κ3) is 4.69. The highest BCUT2D eigenvalue weighted by atomic mass is 32.2. The third-order valence-electron chi connectivity index (χ3n) is 4.46. The topological polar surface area (TPSA) is 97.2 Å². The first-order chi connectivity index (χ1) is 12.9. The number of carbonyl (C=O) groups excluding carboxylic acids is 1. The molecule has 146 valence electrons. The zero-order valence-electron chi connectivity index (χ0n) is 15.4. The molecule has 1 aliphatic heterocycles. The zero-order valence-corrected chi connectivity index (χ0v) is 17.0. The highest BCUT2D eigenvalue weighted by Crippen LogP contribution is 2.23. The van der Waals surface area contributed by atoms with Gasteiger partial charge in [-0.15, -0.1) is 10.2 Å². The molecule has 3 rings (SSSR count). The van der Waals surface area contributed by atoms with Crippen molar-refractivity contribution in [3.05, 3.63) is 30.1 Å². The lowest BCUT2D eigenvalue weighted by atomic mass is 10.2. The number of aromatic nitrogens is 3. The largest absolute Gasteiger partial charge is 0.325 e. The van der Waals surface area contributed by atoms with Gasteiger partial charge in [0.15, 0.2) is 5.16 Å². The van der Waals surface area contributed by atoms with E-state index >= 15 is 0 Å². The van der Waals surface area contributed by atoms with Crippen molar-refractivity contribution in [2.24, 2.45) is 7.05 Å². The number of carbonyl (C=O) groups is 1. The molecule has 2 aromatic rings. The van der Waals surface area contributed by atoms with E-state index in [4.69, 9.17) is 0 Å². The summed E-state index contributed by atoms with van der Waals surface area (Å²) in [5, 5.41) is 11.4. The van der Waals surface area contributed by atoms with Crippen LogP contribution in [0.4, 0.5) is 5.69 Å². The van der Waals surface area contributed by atoms with Crippen LogP contribution in [-0.4, -0.2) is 52.2 Å². The van der Waals surface area contributed by atoms with E-state index in [0.717, 1.165) is 25.1 Å². The predicted octanol–water partition coefficient (Wildman–Crippen LogP) is 2.03. The van der Waals surface area contributed by atoms with E-state index in [-0.39, 0.29) is 16.6 Å². The van der Waals surface area contributed by atoms with E-state index < -0.39 is 10.0 Å². The van der Waals surface area contributed by atoms with Crippen molar-refractivity contribution in [2.45, 2.75) is 36.2 Å². The summed E-state index contributed by atoms with van der Waals surface area (Å²) < 4.78 is 28.9. The molecule has 1 aliphatic rings. The number of amides is 1. The summed E-state index contributed by atoms with van der Waals surface area (Å²) in [6.45, 7) is 2.94. The molecule has 1 N–H and O–H groups in total. The normalized spacial score (nSPS) is 15.6. The van der Waals surface area contributed by atoms with Gasteiger partial charge in [0, 0.05) is 25.8 Å². The predicted molar refractivity (Wildman–Crippen MR) is 104 cm³/mol. The number of aryl methyl sites for hydroxylation is 1. The summed E-state index contributed by atoms with van der Waals surface area (Å²) in [5.74, 6) is 0.705. The second-order valence-corrected chi connectivity index (χ2v) is 9.30. The maximum absolute atomic E-state index is 12.8. The summed E-state index contributed by atoms with van der Waals surface area (Å²) in [6, 6.07) is 6.41. The van der Waals surface area contributed by atoms with Crippen LogP contribution in [0.15, 0.2) is 34.3 Å². The Kier molecular flexibility index (Phi) is 6.18. The SMILES string of the molecule is Cc1nnc(SCC(=O)Nc2cccc(S(=O)(=O)N3CCCCC3)c2)n1C. The van der Waals surface area contributed by atoms with Gasteiger partial charge >= 0.3 is 0 Å². The lowest BCUT2D eigenvalue weighted by molar-refractivity contribution is -0.113. The second-order valence-electron chi connectivity index (χ2n) is 6.42. The molecule has 0 spiro atoms. The minimum atomic E-state index is -3.52. The van der Waals surface area contributed by atoms with Crippen LogP contribution < -0.4 is 5.32 Å². The molecule has 1 aromatic carbocycles. The van der Waals surface area contributed by atoms with Crippen LogP contribution in [0.3, 0.4) is 0 Å². The van der Waals surface area contributed by atoms with E-state index in [1.54, 1.807) is 18.2 Å². The highest BCUT2D eigenvalue weighted by molar-refractivity contribution is 7.99. The van der Waals surface area contributed by atoms with E-state index in [1.807, 2.05) is 18.5 Å². The first-order valence-electron chi connectivity index (χ1n) is 8.77. The number of thioether (sulfide) groups is 1. The Bertz CT molecular complexity index is 920. The molecular formula is C17H23N5O3S2. The summed E-state index contributed by atoms with van der Waals surface area (Å²) >= 11 is 1.28. The van der Waals surface area contributed by atoms with Gasteiger partial charge in [-0.25, -0.2) is 8.42 Å². The Hall–Kier alpha value is -1.91. The van der Waals surface area contributed by atoms with Crippen LogP contribution in [0.5, 0.6) is 0 Å². The molecule has 27 heavy (non-hydrogen) atoms. The monoisotopic (exact) mass is 409 g/mol. The van der Waals surface area contributed by atoms with Crippen LogP contribution in [0.2, 0.25) is 0 Å². The molecule has 10 heteroatoms. The van der Waals surface area contributed by atoms with Crippen LogP contribution in [-0.2, 0) is 21.9 Å². The minimum absolute atomic E-state index is 0.162. The fourth-order valence-electron chi connectivity index (χ4n) is 2.83. The number of benzene rings is 1. The number of nitrogens with one attached hydrogen (secondary N) is 1. The number of rotatable bonds is 6. The Morgan fingerprint density at radius 3 is 2.63 bits per heavy atom. The van der Waals surface area contributed by atoms with Crippen molar-refractivity contribution in [1.82, 2.24) is 19.1 Å². The van der Waals surface area contributed by atoms with Crippen molar-refractivity contribution in [2.75, 3.05) is 24.2 Å². The van der Waals surface area contributed by atoms with E-state index in [0.29, 0.717) is 23.9 Å². The van der Waals surface area contributed by atoms with Gasteiger partial charge in [0.1, 0.15) is 5.82 Å². The Morgan fingerprint density at radius 2 is 1.96 bits per heavy atom. The molecular weight excluding hydrogens is 386 g/mol. The van der Waals surface area contributed by atoms with Crippen molar-refractivity contribution >= 4 is 33.4 Å². The fraction of sp³-hybridized carbons (Fsp3) is 0.471. The molecule has 1 fully saturated rings. The molecule has 1 saturated heterocycles. The van der Waals surface area contributed by atoms with Gasteiger partial charge in [-0.3, -0.25) is 4.79 Å². The molecule has 0 aliphatic carbocycles. The fourth-order valence-corrected chi connectivity index (χ4v) is 5.15. The van der Waals surface area contributed by atoms with Crippen molar-refractivity contribution < 1.29 is 13.2 Å². The molecule has 0 radical (unpaired) electrons. The molecule has 8 nitrogen and oxygen atoms in total. The molecule has 1 aromatic heterocycles. The van der Waals surface area contributed by atoms with Gasteiger partial charge < -0.3 is 9.88 Å². The van der Waals surface area contributed by atoms with E-state index in [2.05, 4.69) is 15.5 Å². The summed E-state index contributed by atoms with van der Waals surface area (Å²) in [4.78, 5) is 12.4. The molecule has 2 heterocycles. The summed E-state index contributed by atoms with van der Waals surface area (Å²) in [7, 11) is -1.69. The van der Waals surface area contributed by atoms with Crippen molar-refractivity contribution in [3.63, 3.8) is 0 Å². The third-order valence-corrected chi connectivity index (χ3v) is 7.37. The maximum Gasteiger partial charge on any atom is 0.243 e. The van der Waals surface area contributed by atoms with Crippen molar-refractivity contribution in [1.29, 1.82) is 0 Å². The number of sulfonamides is 1. The van der Waals surface area contributed by atoms with Gasteiger partial charge in [0.25, 0.3) is 0 Å². The number of hydrogen-bond donors (Lipinski definition) is 1. The lowest BCUT2D eigenvalue weighted by Gasteiger charge is -2.26. The average Bonchev–Trinajstić information content (AvgIpc) is 2.99. The number of anilines is 1. The molecule has 0 saturated carbocycles. The van der Waals surface area contributed by atoms with Crippen LogP contribution in [0.1, 0.15) is 25.1 Å². The molecule has 0 bridgehead atoms. The molecule has 1 amide bonds. The van der Waals surface area contributed by atoms with Gasteiger partial charge in [0.05, 0.1) is 10.6 Å². The highest BCUT2D eigenvalue weighted by Gasteiger charge is 2.26. The van der Waals surface area contributed by atoms with Gasteiger partial charge in [0.2, 0.25) is 15.9 Å². The number of nitrogens with zero attached hydrogens (tertiary/aromatic N) is 4. The van der Waals surface area contributed by atoms with Gasteiger partial charge in [-0.2, -0.15) is 4.31 Å². The summed E-state index contributed by atoms with van der Waals surface area (Å²) in [6.07, 6.45) is 2.83. The maximum atomic E-state index is 12.8. The summed E-state index contributed by atoms with van der Waals surface area (Å²) in [5.41, 5.74) is 0.466. The van der Waals surface area contributed by atoms with Crippen LogP contribution >= 0.6 is 11.8 Å². The van der Waals surface area contributed by atoms with E-state index in [1.165, 1.54) is 22.1 Å². The standard InChI is InChI=1S/C17H23N5O3S2/c1-13-19-20-17(21(13)2)26-12-16(23)18-14-7-6-8-15(11-14)27(24,25)22-9-4-3-5-10-22/h6-8,11H,3-5,9-10,12H2,1-2H3,(H,18,23). The van der Waals surface area contributed by atoms with Crippen molar-refractivity contribution in [3.8, 4) is 0 Å². The molecule has 0 atom stereocenters. The smallest absolute Gasteiger partial charge is 0.243 e. The number of hydrogen-bond acceptors (Lipinski definition) is 6. The molecule has 0 unspecified atom stereocenters. The lowest BCUT2D eigenvalue weighted by Crippen LogP contribution is -2.35. The number of piperidine rings is 1. The minimum Gasteiger partial charge on any atom is -0.325 e. The van der Waals surface area contributed by atoms with Gasteiger partial charge in [-0.1, -0.05) is 24.2 Å². The Morgan fingerprint density at radius 1 is 1.22 bits per heavy atom. The van der Waals surface area contributed by atoms with Gasteiger partial charge in [-0.05, 0) is 38.0 Å². The zero-order chi connectivity index (χ0) is 19.4. The van der Waals surface area contributed by atoms with E-state index in [9.17, 15) is 13.2 Å². The quantitative estimate of drug-likeness (QED) is 0.733. The second kappa shape index (κ2) is 8.41. The van der Waals surface area contributed by atoms with Crippen LogP contribution in [0, 0.1) is 6.92 Å². The first-order valence-corrected chi connectivity index (χ1v) is 11.2. The van der Waals surface area contributed by atoms with Crippen LogP contribution in [0.25, 0.3) is 0 Å².